The minimum absolute atomic E-state index is 0. The zero-order chi connectivity index (χ0) is 8.27. The Balaban J connectivity index is 0.00000121. The fourth-order valence-electron chi connectivity index (χ4n) is 0.742. The quantitative estimate of drug-likeness (QED) is 0.506. The summed E-state index contributed by atoms with van der Waals surface area (Å²) in [6.07, 6.45) is 0. The second kappa shape index (κ2) is 5.72. The Kier molecular flexibility index (Phi) is 5.78. The summed E-state index contributed by atoms with van der Waals surface area (Å²) in [6.45, 7) is 1.42. The molecule has 0 atom stereocenters. The van der Waals surface area contributed by atoms with E-state index in [4.69, 9.17) is 0 Å². The van der Waals surface area contributed by atoms with E-state index in [2.05, 4.69) is 5.32 Å². The maximum absolute atomic E-state index is 10.6. The molecule has 0 saturated heterocycles. The van der Waals surface area contributed by atoms with Gasteiger partial charge in [-0.05, 0) is 12.1 Å². The first kappa shape index (κ1) is 12.1. The predicted octanol–water partition coefficient (Wildman–Crippen LogP) is -2.28. The number of carbonyl (C=O) groups excluding carboxylic acids is 1. The first-order chi connectivity index (χ1) is 5.18. The third kappa shape index (κ3) is 4.23. The van der Waals surface area contributed by atoms with Gasteiger partial charge >= 0.3 is 51.4 Å². The molecule has 1 rings (SSSR count). The third-order valence-electron chi connectivity index (χ3n) is 1.17. The first-order valence-electron chi connectivity index (χ1n) is 3.23. The van der Waals surface area contributed by atoms with Gasteiger partial charge in [-0.3, -0.25) is 4.79 Å². The molecule has 0 radical (unpaired) electrons. The van der Waals surface area contributed by atoms with E-state index >= 15 is 0 Å². The summed E-state index contributed by atoms with van der Waals surface area (Å²) in [5, 5.41) is 13.1. The van der Waals surface area contributed by atoms with Crippen LogP contribution in [-0.2, 0) is 4.79 Å². The second-order valence-corrected chi connectivity index (χ2v) is 2.21. The van der Waals surface area contributed by atoms with Gasteiger partial charge in [0.25, 0.3) is 0 Å². The second-order valence-electron chi connectivity index (χ2n) is 2.21. The monoisotopic (exact) mass is 189 g/mol. The van der Waals surface area contributed by atoms with Gasteiger partial charge in [-0.15, -0.1) is 5.75 Å². The molecule has 4 heteroatoms. The van der Waals surface area contributed by atoms with Gasteiger partial charge in [0, 0.05) is 12.6 Å². The molecule has 58 valence electrons. The van der Waals surface area contributed by atoms with Gasteiger partial charge in [0.1, 0.15) is 0 Å². The van der Waals surface area contributed by atoms with Gasteiger partial charge < -0.3 is 10.4 Å². The number of amides is 1. The Hall–Kier alpha value is 0.126. The minimum atomic E-state index is -0.136. The predicted molar refractivity (Wildman–Crippen MR) is 40.2 cm³/mol. The van der Waals surface area contributed by atoms with Crippen molar-refractivity contribution in [1.29, 1.82) is 0 Å². The Morgan fingerprint density at radius 3 is 2.25 bits per heavy atom. The van der Waals surface area contributed by atoms with Gasteiger partial charge in [0.2, 0.25) is 5.91 Å². The van der Waals surface area contributed by atoms with Crippen molar-refractivity contribution < 1.29 is 61.3 Å². The molecule has 0 spiro atoms. The average molecular weight is 189 g/mol. The van der Waals surface area contributed by atoms with Crippen LogP contribution < -0.4 is 61.8 Å². The van der Waals surface area contributed by atoms with Crippen LogP contribution in [-0.4, -0.2) is 5.91 Å². The maximum Gasteiger partial charge on any atom is 1.00 e. The van der Waals surface area contributed by atoms with Gasteiger partial charge in [0.15, 0.2) is 0 Å². The standard InChI is InChI=1S/C8H9NO2.K/c1-6(10)9-7-2-4-8(11)5-3-7;/h2-5,11H,1H3,(H,9,10);/q;+1/p-1. The summed E-state index contributed by atoms with van der Waals surface area (Å²) in [5.74, 6) is -0.192. The molecule has 0 saturated carbocycles. The van der Waals surface area contributed by atoms with Crippen LogP contribution in [0, 0.1) is 0 Å². The number of hydrogen-bond donors (Lipinski definition) is 1. The van der Waals surface area contributed by atoms with Crippen LogP contribution in [0.3, 0.4) is 0 Å². The number of anilines is 1. The Morgan fingerprint density at radius 1 is 1.33 bits per heavy atom. The summed E-state index contributed by atoms with van der Waals surface area (Å²) in [5.41, 5.74) is 0.650. The number of nitrogens with one attached hydrogen (secondary N) is 1. The summed E-state index contributed by atoms with van der Waals surface area (Å²) < 4.78 is 0. The maximum atomic E-state index is 10.6. The van der Waals surface area contributed by atoms with Crippen LogP contribution in [0.1, 0.15) is 6.92 Å². The fourth-order valence-corrected chi connectivity index (χ4v) is 0.742. The van der Waals surface area contributed by atoms with Crippen LogP contribution in [0.25, 0.3) is 0 Å². The molecule has 1 N–H and O–H groups in total. The van der Waals surface area contributed by atoms with Crippen molar-refractivity contribution >= 4 is 11.6 Å². The smallest absolute Gasteiger partial charge is 0.872 e. The molecule has 0 unspecified atom stereocenters. The SMILES string of the molecule is CC(=O)Nc1ccc([O-])cc1.[K+]. The molecule has 1 amide bonds. The Labute approximate surface area is 114 Å². The fraction of sp³-hybridized carbons (Fsp3) is 0.125. The number of hydrogen-bond acceptors (Lipinski definition) is 2. The molecule has 0 aliphatic carbocycles. The molecule has 0 aromatic heterocycles. The van der Waals surface area contributed by atoms with Crippen molar-refractivity contribution in [2.24, 2.45) is 0 Å². The number of benzene rings is 1. The molecule has 0 fully saturated rings. The topological polar surface area (TPSA) is 52.2 Å². The molecule has 3 nitrogen and oxygen atoms in total. The van der Waals surface area contributed by atoms with Crippen molar-refractivity contribution in [2.45, 2.75) is 6.92 Å². The van der Waals surface area contributed by atoms with Crippen LogP contribution in [0.4, 0.5) is 5.69 Å². The Morgan fingerprint density at radius 2 is 1.83 bits per heavy atom. The van der Waals surface area contributed by atoms with E-state index in [1.165, 1.54) is 19.1 Å². The third-order valence-corrected chi connectivity index (χ3v) is 1.17. The van der Waals surface area contributed by atoms with Gasteiger partial charge in [-0.2, -0.15) is 0 Å². The van der Waals surface area contributed by atoms with E-state index in [-0.39, 0.29) is 63.0 Å². The van der Waals surface area contributed by atoms with Gasteiger partial charge in [-0.25, -0.2) is 0 Å². The van der Waals surface area contributed by atoms with Gasteiger partial charge in [-0.1, -0.05) is 12.1 Å². The summed E-state index contributed by atoms with van der Waals surface area (Å²) >= 11 is 0. The van der Waals surface area contributed by atoms with Gasteiger partial charge in [0.05, 0.1) is 0 Å². The van der Waals surface area contributed by atoms with E-state index in [1.54, 1.807) is 12.1 Å². The van der Waals surface area contributed by atoms with E-state index in [0.717, 1.165) is 0 Å². The first-order valence-corrected chi connectivity index (χ1v) is 3.23. The molecule has 0 heterocycles. The van der Waals surface area contributed by atoms with Crippen molar-refractivity contribution in [3.05, 3.63) is 24.3 Å². The van der Waals surface area contributed by atoms with E-state index in [0.29, 0.717) is 5.69 Å². The molecule has 0 aliphatic rings. The van der Waals surface area contributed by atoms with Crippen molar-refractivity contribution in [2.75, 3.05) is 5.32 Å². The number of carbonyl (C=O) groups is 1. The molecule has 0 bridgehead atoms. The minimum Gasteiger partial charge on any atom is -0.872 e. The zero-order valence-electron chi connectivity index (χ0n) is 7.13. The largest absolute Gasteiger partial charge is 1.00 e. The van der Waals surface area contributed by atoms with Crippen LogP contribution >= 0.6 is 0 Å². The molecule has 1 aromatic carbocycles. The summed E-state index contributed by atoms with van der Waals surface area (Å²) in [4.78, 5) is 10.5. The average Bonchev–Trinajstić information content (AvgIpc) is 1.93. The summed E-state index contributed by atoms with van der Waals surface area (Å²) in [6, 6.07) is 5.96. The molecule has 12 heavy (non-hydrogen) atoms. The molecule has 0 aliphatic heterocycles. The van der Waals surface area contributed by atoms with E-state index in [1.807, 2.05) is 0 Å². The molecular formula is C8H8KNO2. The van der Waals surface area contributed by atoms with E-state index in [9.17, 15) is 9.90 Å². The van der Waals surface area contributed by atoms with Crippen LogP contribution in [0.2, 0.25) is 0 Å². The van der Waals surface area contributed by atoms with Crippen molar-refractivity contribution in [3.63, 3.8) is 0 Å². The molecular weight excluding hydrogens is 181 g/mol. The Bertz CT molecular complexity index is 258. The normalized spacial score (nSPS) is 8.42. The van der Waals surface area contributed by atoms with E-state index < -0.39 is 0 Å². The summed E-state index contributed by atoms with van der Waals surface area (Å²) in [7, 11) is 0. The number of rotatable bonds is 1. The van der Waals surface area contributed by atoms with Crippen molar-refractivity contribution in [3.8, 4) is 5.75 Å². The van der Waals surface area contributed by atoms with Crippen LogP contribution in [0.5, 0.6) is 5.75 Å². The zero-order valence-corrected chi connectivity index (χ0v) is 10.2. The van der Waals surface area contributed by atoms with Crippen molar-refractivity contribution in [1.82, 2.24) is 0 Å². The van der Waals surface area contributed by atoms with Crippen LogP contribution in [0.15, 0.2) is 24.3 Å². The molecule has 1 aromatic rings.